The average molecular weight is 266 g/mol. The predicted molar refractivity (Wildman–Crippen MR) is 63.3 cm³/mol. The maximum atomic E-state index is 11.7. The van der Waals surface area contributed by atoms with E-state index >= 15 is 0 Å². The predicted octanol–water partition coefficient (Wildman–Crippen LogP) is -1.17. The van der Waals surface area contributed by atoms with Gasteiger partial charge < -0.3 is 20.3 Å². The second-order valence-corrected chi connectivity index (χ2v) is 4.30. The number of nitrogens with one attached hydrogen (secondary N) is 2. The Morgan fingerprint density at radius 3 is 2.95 bits per heavy atom. The van der Waals surface area contributed by atoms with Gasteiger partial charge in [0, 0.05) is 32.3 Å². The van der Waals surface area contributed by atoms with E-state index in [4.69, 9.17) is 5.11 Å². The molecular weight excluding hydrogens is 252 g/mol. The third-order valence-corrected chi connectivity index (χ3v) is 2.87. The molecule has 1 aromatic heterocycles. The minimum atomic E-state index is -1.08. The molecule has 19 heavy (non-hydrogen) atoms. The van der Waals surface area contributed by atoms with E-state index in [1.807, 2.05) is 0 Å². The fourth-order valence-electron chi connectivity index (χ4n) is 1.84. The summed E-state index contributed by atoms with van der Waals surface area (Å²) in [5.74, 6) is -1.68. The zero-order valence-corrected chi connectivity index (χ0v) is 10.1. The molecule has 1 aliphatic heterocycles. The summed E-state index contributed by atoms with van der Waals surface area (Å²) in [6, 6.07) is 0. The van der Waals surface area contributed by atoms with Gasteiger partial charge in [0.05, 0.1) is 12.2 Å². The van der Waals surface area contributed by atoms with Crippen LogP contribution in [-0.4, -0.2) is 45.5 Å². The maximum absolute atomic E-state index is 11.7. The topological polar surface area (TPSA) is 113 Å². The lowest BCUT2D eigenvalue weighted by molar-refractivity contribution is -0.126. The number of hydrogen-bond donors (Lipinski definition) is 3. The number of carboxylic acid groups (broad SMARTS) is 1. The van der Waals surface area contributed by atoms with Crippen molar-refractivity contribution < 1.29 is 19.5 Å². The van der Waals surface area contributed by atoms with Crippen molar-refractivity contribution in [3.63, 3.8) is 0 Å². The highest BCUT2D eigenvalue weighted by atomic mass is 16.4. The maximum Gasteiger partial charge on any atom is 0.356 e. The largest absolute Gasteiger partial charge is 0.476 e. The highest BCUT2D eigenvalue weighted by Gasteiger charge is 2.27. The van der Waals surface area contributed by atoms with Crippen LogP contribution in [0.3, 0.4) is 0 Å². The van der Waals surface area contributed by atoms with Crippen LogP contribution in [0.2, 0.25) is 0 Å². The third-order valence-electron chi connectivity index (χ3n) is 2.87. The van der Waals surface area contributed by atoms with Gasteiger partial charge in [-0.15, -0.1) is 0 Å². The van der Waals surface area contributed by atoms with Crippen LogP contribution in [0.4, 0.5) is 0 Å². The van der Waals surface area contributed by atoms with Crippen molar-refractivity contribution in [3.05, 3.63) is 18.2 Å². The van der Waals surface area contributed by atoms with Gasteiger partial charge in [-0.2, -0.15) is 0 Å². The average Bonchev–Trinajstić information content (AvgIpc) is 2.98. The molecule has 0 spiro atoms. The SMILES string of the molecule is O=C1CC(C(=O)NCCn2cnc(C(=O)O)c2)CN1. The van der Waals surface area contributed by atoms with Crippen LogP contribution in [-0.2, 0) is 16.1 Å². The molecule has 1 fully saturated rings. The molecule has 0 aliphatic carbocycles. The Morgan fingerprint density at radius 2 is 2.37 bits per heavy atom. The summed E-state index contributed by atoms with van der Waals surface area (Å²) < 4.78 is 1.59. The van der Waals surface area contributed by atoms with Crippen LogP contribution in [0.25, 0.3) is 0 Å². The van der Waals surface area contributed by atoms with Crippen LogP contribution in [0, 0.1) is 5.92 Å². The zero-order chi connectivity index (χ0) is 13.8. The summed E-state index contributed by atoms with van der Waals surface area (Å²) >= 11 is 0. The molecule has 0 radical (unpaired) electrons. The minimum Gasteiger partial charge on any atom is -0.476 e. The first-order chi connectivity index (χ1) is 9.06. The van der Waals surface area contributed by atoms with Crippen LogP contribution in [0.1, 0.15) is 16.9 Å². The van der Waals surface area contributed by atoms with Crippen molar-refractivity contribution in [1.29, 1.82) is 0 Å². The Bertz CT molecular complexity index is 511. The first-order valence-electron chi connectivity index (χ1n) is 5.85. The van der Waals surface area contributed by atoms with E-state index in [1.54, 1.807) is 4.57 Å². The molecule has 1 aromatic rings. The number of aromatic carboxylic acids is 1. The third kappa shape index (κ3) is 3.30. The van der Waals surface area contributed by atoms with Gasteiger partial charge in [0.2, 0.25) is 11.8 Å². The Hall–Kier alpha value is -2.38. The second-order valence-electron chi connectivity index (χ2n) is 4.30. The number of nitrogens with zero attached hydrogens (tertiary/aromatic N) is 2. The van der Waals surface area contributed by atoms with E-state index in [0.29, 0.717) is 19.6 Å². The molecular formula is C11H14N4O4. The normalized spacial score (nSPS) is 18.1. The van der Waals surface area contributed by atoms with Crippen molar-refractivity contribution in [1.82, 2.24) is 20.2 Å². The summed E-state index contributed by atoms with van der Waals surface area (Å²) in [4.78, 5) is 36.9. The van der Waals surface area contributed by atoms with Crippen molar-refractivity contribution in [2.45, 2.75) is 13.0 Å². The van der Waals surface area contributed by atoms with Gasteiger partial charge in [-0.1, -0.05) is 0 Å². The lowest BCUT2D eigenvalue weighted by Crippen LogP contribution is -2.33. The summed E-state index contributed by atoms with van der Waals surface area (Å²) in [6.45, 7) is 1.16. The summed E-state index contributed by atoms with van der Waals surface area (Å²) in [6.07, 6.45) is 3.02. The first kappa shape index (κ1) is 13.1. The van der Waals surface area contributed by atoms with E-state index < -0.39 is 5.97 Å². The lowest BCUT2D eigenvalue weighted by Gasteiger charge is -2.09. The zero-order valence-electron chi connectivity index (χ0n) is 10.1. The van der Waals surface area contributed by atoms with Crippen molar-refractivity contribution in [2.24, 2.45) is 5.92 Å². The summed E-state index contributed by atoms with van der Waals surface area (Å²) in [7, 11) is 0. The highest BCUT2D eigenvalue weighted by Crippen LogP contribution is 2.08. The molecule has 8 heteroatoms. The molecule has 0 aromatic carbocycles. The smallest absolute Gasteiger partial charge is 0.356 e. The van der Waals surface area contributed by atoms with Gasteiger partial charge in [-0.05, 0) is 0 Å². The van der Waals surface area contributed by atoms with Gasteiger partial charge in [-0.25, -0.2) is 9.78 Å². The van der Waals surface area contributed by atoms with E-state index in [0.717, 1.165) is 0 Å². The Balaban J connectivity index is 1.75. The number of aromatic nitrogens is 2. The molecule has 2 rings (SSSR count). The fraction of sp³-hybridized carbons (Fsp3) is 0.455. The van der Waals surface area contributed by atoms with Gasteiger partial charge >= 0.3 is 5.97 Å². The summed E-state index contributed by atoms with van der Waals surface area (Å²) in [5, 5.41) is 14.0. The van der Waals surface area contributed by atoms with Crippen LogP contribution < -0.4 is 10.6 Å². The first-order valence-corrected chi connectivity index (χ1v) is 5.85. The molecule has 0 saturated carbocycles. The minimum absolute atomic E-state index is 0.0306. The number of carboxylic acids is 1. The molecule has 3 N–H and O–H groups in total. The molecule has 2 amide bonds. The number of amides is 2. The standard InChI is InChI=1S/C11H14N4O4/c16-9-3-7(4-13-9)10(17)12-1-2-15-5-8(11(18)19)14-6-15/h5-7H,1-4H2,(H,12,17)(H,13,16)(H,18,19). The van der Waals surface area contributed by atoms with E-state index in [-0.39, 0.29) is 29.8 Å². The van der Waals surface area contributed by atoms with Crippen LogP contribution >= 0.6 is 0 Å². The van der Waals surface area contributed by atoms with Crippen molar-refractivity contribution >= 4 is 17.8 Å². The number of imidazole rings is 1. The van der Waals surface area contributed by atoms with E-state index in [2.05, 4.69) is 15.6 Å². The fourth-order valence-corrected chi connectivity index (χ4v) is 1.84. The lowest BCUT2D eigenvalue weighted by atomic mass is 10.1. The molecule has 1 aliphatic rings. The Morgan fingerprint density at radius 1 is 1.58 bits per heavy atom. The van der Waals surface area contributed by atoms with Gasteiger partial charge in [0.15, 0.2) is 5.69 Å². The Kier molecular flexibility index (Phi) is 3.79. The van der Waals surface area contributed by atoms with Gasteiger partial charge in [0.25, 0.3) is 0 Å². The molecule has 102 valence electrons. The molecule has 8 nitrogen and oxygen atoms in total. The van der Waals surface area contributed by atoms with Crippen molar-refractivity contribution in [2.75, 3.05) is 13.1 Å². The molecule has 1 unspecified atom stereocenters. The molecule has 2 heterocycles. The highest BCUT2D eigenvalue weighted by molar-refractivity contribution is 5.89. The van der Waals surface area contributed by atoms with E-state index in [9.17, 15) is 14.4 Å². The number of rotatable bonds is 5. The number of carbonyl (C=O) groups is 3. The molecule has 1 atom stereocenters. The molecule has 0 bridgehead atoms. The second kappa shape index (κ2) is 5.51. The van der Waals surface area contributed by atoms with Gasteiger partial charge in [0.1, 0.15) is 0 Å². The van der Waals surface area contributed by atoms with E-state index in [1.165, 1.54) is 12.5 Å². The van der Waals surface area contributed by atoms with Crippen molar-refractivity contribution in [3.8, 4) is 0 Å². The quantitative estimate of drug-likeness (QED) is 0.621. The molecule has 1 saturated heterocycles. The monoisotopic (exact) mass is 266 g/mol. The number of hydrogen-bond acceptors (Lipinski definition) is 4. The van der Waals surface area contributed by atoms with Gasteiger partial charge in [-0.3, -0.25) is 9.59 Å². The Labute approximate surface area is 108 Å². The van der Waals surface area contributed by atoms with Crippen LogP contribution in [0.15, 0.2) is 12.5 Å². The number of carbonyl (C=O) groups excluding carboxylic acids is 2. The van der Waals surface area contributed by atoms with Crippen LogP contribution in [0.5, 0.6) is 0 Å². The summed E-state index contributed by atoms with van der Waals surface area (Å²) in [5.41, 5.74) is -0.0306.